The van der Waals surface area contributed by atoms with Gasteiger partial charge in [-0.15, -0.1) is 6.42 Å². The van der Waals surface area contributed by atoms with Crippen molar-refractivity contribution in [1.29, 1.82) is 0 Å². The molecular weight excluding hydrogens is 550 g/mol. The van der Waals surface area contributed by atoms with Gasteiger partial charge in [-0.05, 0) is 61.7 Å². The summed E-state index contributed by atoms with van der Waals surface area (Å²) in [4.78, 5) is 34.9. The van der Waals surface area contributed by atoms with Crippen LogP contribution in [0.3, 0.4) is 0 Å². The molecule has 0 radical (unpaired) electrons. The quantitative estimate of drug-likeness (QED) is 0.0981. The molecule has 4 aromatic rings. The van der Waals surface area contributed by atoms with Crippen molar-refractivity contribution < 1.29 is 19.2 Å². The highest BCUT2D eigenvalue weighted by Gasteiger charge is 2.32. The van der Waals surface area contributed by atoms with Crippen LogP contribution in [0.4, 0.5) is 5.69 Å². The summed E-state index contributed by atoms with van der Waals surface area (Å²) in [6.45, 7) is 5.45. The van der Waals surface area contributed by atoms with Crippen molar-refractivity contribution in [3.8, 4) is 18.1 Å². The average Bonchev–Trinajstić information content (AvgIpc) is 3.03. The molecule has 0 aliphatic carbocycles. The molecule has 3 N–H and O–H groups in total. The van der Waals surface area contributed by atoms with E-state index in [2.05, 4.69) is 11.2 Å². The summed E-state index contributed by atoms with van der Waals surface area (Å²) in [7, 11) is 0. The lowest BCUT2D eigenvalue weighted by Gasteiger charge is -2.30. The monoisotopic (exact) mass is 587 g/mol. The van der Waals surface area contributed by atoms with Gasteiger partial charge in [-0.3, -0.25) is 4.79 Å². The van der Waals surface area contributed by atoms with Crippen LogP contribution in [0.1, 0.15) is 37.5 Å². The van der Waals surface area contributed by atoms with E-state index >= 15 is 0 Å². The predicted molar refractivity (Wildman–Crippen MR) is 174 cm³/mol. The number of nitrogens with two attached hydrogens (primary N) is 1. The van der Waals surface area contributed by atoms with Gasteiger partial charge in [-0.1, -0.05) is 96.9 Å². The van der Waals surface area contributed by atoms with Crippen molar-refractivity contribution in [3.63, 3.8) is 0 Å². The Morgan fingerprint density at radius 1 is 0.841 bits per heavy atom. The van der Waals surface area contributed by atoms with E-state index in [1.54, 1.807) is 49.9 Å². The van der Waals surface area contributed by atoms with Gasteiger partial charge in [0.1, 0.15) is 23.1 Å². The molecule has 0 saturated heterocycles. The van der Waals surface area contributed by atoms with Crippen LogP contribution in [-0.2, 0) is 20.7 Å². The Balaban J connectivity index is 1.92. The minimum atomic E-state index is -0.979. The molecule has 7 nitrogen and oxygen atoms in total. The van der Waals surface area contributed by atoms with Gasteiger partial charge in [-0.2, -0.15) is 5.90 Å². The molecular formula is C37H37N3O4. The summed E-state index contributed by atoms with van der Waals surface area (Å²) < 4.78 is 5.76. The van der Waals surface area contributed by atoms with Crippen LogP contribution in [0.25, 0.3) is 5.57 Å². The Morgan fingerprint density at radius 3 is 1.84 bits per heavy atom. The van der Waals surface area contributed by atoms with Crippen molar-refractivity contribution in [1.82, 2.24) is 5.32 Å². The highest BCUT2D eigenvalue weighted by atomic mass is 16.6. The van der Waals surface area contributed by atoms with Crippen molar-refractivity contribution >= 4 is 23.1 Å². The lowest BCUT2D eigenvalue weighted by atomic mass is 9.94. The first-order valence-corrected chi connectivity index (χ1v) is 14.3. The first-order valence-electron chi connectivity index (χ1n) is 14.3. The number of ether oxygens (including phenoxy) is 1. The Hall–Kier alpha value is -5.32. The highest BCUT2D eigenvalue weighted by molar-refractivity contribution is 6.08. The van der Waals surface area contributed by atoms with Gasteiger partial charge < -0.3 is 19.8 Å². The maximum absolute atomic E-state index is 14.7. The molecule has 0 aromatic heterocycles. The van der Waals surface area contributed by atoms with Gasteiger partial charge in [-0.25, -0.2) is 4.79 Å². The Labute approximate surface area is 259 Å². The van der Waals surface area contributed by atoms with Crippen LogP contribution < -0.4 is 21.0 Å². The Morgan fingerprint density at radius 2 is 1.36 bits per heavy atom. The second-order valence-corrected chi connectivity index (χ2v) is 11.1. The topological polar surface area (TPSA) is 93.9 Å². The number of carbonyl (C=O) groups excluding carboxylic acids is 2. The van der Waals surface area contributed by atoms with Crippen LogP contribution in [0.5, 0.6) is 5.75 Å². The molecule has 44 heavy (non-hydrogen) atoms. The second-order valence-electron chi connectivity index (χ2n) is 11.1. The second kappa shape index (κ2) is 14.7. The van der Waals surface area contributed by atoms with Crippen molar-refractivity contribution in [2.75, 3.05) is 11.4 Å². The van der Waals surface area contributed by atoms with Gasteiger partial charge in [0, 0.05) is 17.7 Å². The summed E-state index contributed by atoms with van der Waals surface area (Å²) in [5, 5.41) is 3.01. The Kier molecular flexibility index (Phi) is 10.6. The highest BCUT2D eigenvalue weighted by Crippen LogP contribution is 2.32. The minimum Gasteiger partial charge on any atom is -0.458 e. The Bertz CT molecular complexity index is 1560. The van der Waals surface area contributed by atoms with E-state index in [4.69, 9.17) is 21.9 Å². The molecule has 4 rings (SSSR count). The zero-order chi connectivity index (χ0) is 31.5. The number of anilines is 1. The number of hydrogen-bond acceptors (Lipinski definition) is 6. The lowest BCUT2D eigenvalue weighted by Crippen LogP contribution is -2.48. The number of rotatable bonds is 11. The van der Waals surface area contributed by atoms with Crippen LogP contribution in [-0.4, -0.2) is 30.1 Å². The zero-order valence-electron chi connectivity index (χ0n) is 25.2. The maximum atomic E-state index is 14.7. The third-order valence-electron chi connectivity index (χ3n) is 6.66. The fourth-order valence-electron chi connectivity index (χ4n) is 4.76. The molecule has 224 valence electrons. The molecule has 0 unspecified atom stereocenters. The predicted octanol–water partition coefficient (Wildman–Crippen LogP) is 5.91. The smallest absolute Gasteiger partial charge is 0.329 e. The first-order chi connectivity index (χ1) is 21.2. The largest absolute Gasteiger partial charge is 0.458 e. The van der Waals surface area contributed by atoms with E-state index in [1.165, 1.54) is 0 Å². The van der Waals surface area contributed by atoms with Crippen molar-refractivity contribution in [2.45, 2.75) is 38.8 Å². The van der Waals surface area contributed by atoms with E-state index in [0.29, 0.717) is 17.0 Å². The molecule has 4 aromatic carbocycles. The van der Waals surface area contributed by atoms with E-state index in [0.717, 1.165) is 16.7 Å². The fraction of sp³-hybridized carbons (Fsp3) is 0.189. The summed E-state index contributed by atoms with van der Waals surface area (Å²) >= 11 is 0. The number of benzene rings is 4. The van der Waals surface area contributed by atoms with E-state index in [-0.39, 0.29) is 18.7 Å². The lowest BCUT2D eigenvalue weighted by molar-refractivity contribution is -0.158. The summed E-state index contributed by atoms with van der Waals surface area (Å²) in [5.74, 6) is 7.49. The van der Waals surface area contributed by atoms with Crippen LogP contribution in [0.2, 0.25) is 0 Å². The normalized spacial score (nSPS) is 11.4. The number of nitrogens with one attached hydrogen (secondary N) is 1. The number of esters is 1. The van der Waals surface area contributed by atoms with Gasteiger partial charge in [0.25, 0.3) is 5.91 Å². The molecule has 1 atom stereocenters. The van der Waals surface area contributed by atoms with Crippen LogP contribution in [0, 0.1) is 12.3 Å². The van der Waals surface area contributed by atoms with E-state index < -0.39 is 23.5 Å². The van der Waals surface area contributed by atoms with Crippen LogP contribution in [0.15, 0.2) is 121 Å². The summed E-state index contributed by atoms with van der Waals surface area (Å²) in [6.07, 6.45) is 6.13. The fourth-order valence-corrected chi connectivity index (χ4v) is 4.76. The van der Waals surface area contributed by atoms with Crippen molar-refractivity contribution in [2.24, 2.45) is 5.90 Å². The molecule has 0 saturated carbocycles. The number of hydrogen-bond donors (Lipinski definition) is 2. The number of terminal acetylenes is 1. The summed E-state index contributed by atoms with van der Waals surface area (Å²) in [5.41, 5.74) is 3.25. The molecule has 0 bridgehead atoms. The number of carbonyl (C=O) groups is 2. The molecule has 0 aliphatic heterocycles. The minimum absolute atomic E-state index is 0.0601. The van der Waals surface area contributed by atoms with Gasteiger partial charge in [0.2, 0.25) is 0 Å². The number of nitrogens with zero attached hydrogens (tertiary/aromatic N) is 1. The molecule has 7 heteroatoms. The van der Waals surface area contributed by atoms with E-state index in [9.17, 15) is 9.59 Å². The number of amides is 1. The first kappa shape index (κ1) is 31.6. The van der Waals surface area contributed by atoms with Crippen LogP contribution >= 0.6 is 0 Å². The molecule has 1 amide bonds. The van der Waals surface area contributed by atoms with Gasteiger partial charge >= 0.3 is 5.97 Å². The van der Waals surface area contributed by atoms with E-state index in [1.807, 2.05) is 91.0 Å². The van der Waals surface area contributed by atoms with Gasteiger partial charge in [0.15, 0.2) is 0 Å². The average molecular weight is 588 g/mol. The maximum Gasteiger partial charge on any atom is 0.329 e. The summed E-state index contributed by atoms with van der Waals surface area (Å²) in [6, 6.07) is 34.6. The molecule has 0 heterocycles. The molecule has 0 aliphatic rings. The molecule has 0 spiro atoms. The third kappa shape index (κ3) is 8.37. The van der Waals surface area contributed by atoms with Gasteiger partial charge in [0.05, 0.1) is 6.54 Å². The molecule has 0 fully saturated rings. The zero-order valence-corrected chi connectivity index (χ0v) is 25.2. The standard InChI is InChI=1S/C37H37N3O4/c1-5-25-40(30-21-23-31(44-38)24-22-30)34(33(28-17-11-7-12-18-28)29-19-13-8-14-20-29)35(41)39-32(36(42)43-37(2,3)4)26-27-15-9-6-10-16-27/h1,6-24,32H,25-26,38H2,2-4H3,(H,39,41)/t32-/m1/s1. The third-order valence-corrected chi connectivity index (χ3v) is 6.66. The van der Waals surface area contributed by atoms with Crippen molar-refractivity contribution in [3.05, 3.63) is 138 Å². The SMILES string of the molecule is C#CCN(C(C(=O)N[C@H](Cc1ccccc1)C(=O)OC(C)(C)C)=C(c1ccccc1)c1ccccc1)c1ccc(ON)cc1.